The minimum Gasteiger partial charge on any atom is -0.462 e. The minimum atomic E-state index is -0.809. The Morgan fingerprint density at radius 1 is 1.28 bits per heavy atom. The summed E-state index contributed by atoms with van der Waals surface area (Å²) >= 11 is 7.32. The first-order valence-corrected chi connectivity index (χ1v) is 10.0. The van der Waals surface area contributed by atoms with Gasteiger partial charge in [-0.2, -0.15) is 5.26 Å². The molecule has 148 valence electrons. The van der Waals surface area contributed by atoms with Gasteiger partial charge >= 0.3 is 5.97 Å². The van der Waals surface area contributed by atoms with Crippen molar-refractivity contribution in [2.75, 3.05) is 11.5 Å². The van der Waals surface area contributed by atoms with Crippen molar-refractivity contribution >= 4 is 40.9 Å². The second-order valence-corrected chi connectivity index (χ2v) is 7.66. The number of benzene rings is 2. The first-order valence-electron chi connectivity index (χ1n) is 8.77. The molecule has 1 unspecified atom stereocenters. The fourth-order valence-electron chi connectivity index (χ4n) is 2.86. The van der Waals surface area contributed by atoms with Gasteiger partial charge in [0.15, 0.2) is 5.57 Å². The monoisotopic (exact) mass is 430 g/mol. The van der Waals surface area contributed by atoms with E-state index >= 15 is 0 Å². The van der Waals surface area contributed by atoms with Gasteiger partial charge in [0.05, 0.1) is 11.9 Å². The van der Waals surface area contributed by atoms with Crippen LogP contribution < -0.4 is 4.90 Å². The van der Waals surface area contributed by atoms with E-state index in [0.29, 0.717) is 17.1 Å². The Hall–Kier alpha value is -2.82. The normalized spacial score (nSPS) is 17.8. The molecule has 29 heavy (non-hydrogen) atoms. The Morgan fingerprint density at radius 3 is 2.59 bits per heavy atom. The summed E-state index contributed by atoms with van der Waals surface area (Å²) in [5.74, 6) is -1.60. The quantitative estimate of drug-likeness (QED) is 0.397. The van der Waals surface area contributed by atoms with Gasteiger partial charge in [0.25, 0.3) is 0 Å². The molecule has 0 radical (unpaired) electrons. The largest absolute Gasteiger partial charge is 0.462 e. The van der Waals surface area contributed by atoms with Crippen molar-refractivity contribution in [3.05, 3.63) is 75.5 Å². The summed E-state index contributed by atoms with van der Waals surface area (Å²) in [6.45, 7) is 1.72. The highest BCUT2D eigenvalue weighted by molar-refractivity contribution is 8.05. The van der Waals surface area contributed by atoms with Crippen LogP contribution in [0.2, 0.25) is 5.02 Å². The van der Waals surface area contributed by atoms with Crippen LogP contribution in [0.15, 0.2) is 59.1 Å². The van der Waals surface area contributed by atoms with Crippen molar-refractivity contribution in [1.29, 1.82) is 5.26 Å². The fraction of sp³-hybridized carbons (Fsp3) is 0.190. The number of nitriles is 1. The van der Waals surface area contributed by atoms with E-state index in [1.54, 1.807) is 19.1 Å². The number of thioether (sulfide) groups is 1. The number of ether oxygens (including phenoxy) is 1. The molecule has 1 saturated heterocycles. The molecule has 0 aliphatic carbocycles. The Labute approximate surface area is 176 Å². The van der Waals surface area contributed by atoms with Gasteiger partial charge in [-0.15, -0.1) is 0 Å². The summed E-state index contributed by atoms with van der Waals surface area (Å²) < 4.78 is 18.3. The lowest BCUT2D eigenvalue weighted by atomic mass is 10.1. The smallest absolute Gasteiger partial charge is 0.351 e. The van der Waals surface area contributed by atoms with Crippen molar-refractivity contribution in [2.45, 2.75) is 18.6 Å². The molecule has 1 heterocycles. The SMILES string of the molecule is CCOC(=O)/C(C#N)=C1\SC(Cc2ccccc2Cl)C(=O)N1c1ccc(F)cc1. The van der Waals surface area contributed by atoms with Crippen molar-refractivity contribution in [2.24, 2.45) is 0 Å². The lowest BCUT2D eigenvalue weighted by molar-refractivity contribution is -0.138. The van der Waals surface area contributed by atoms with Crippen LogP contribution in [-0.2, 0) is 20.7 Å². The number of carbonyl (C=O) groups is 2. The zero-order valence-electron chi connectivity index (χ0n) is 15.4. The van der Waals surface area contributed by atoms with Gasteiger partial charge < -0.3 is 4.74 Å². The average Bonchev–Trinajstić information content (AvgIpc) is 3.01. The van der Waals surface area contributed by atoms with Crippen molar-refractivity contribution in [1.82, 2.24) is 0 Å². The summed E-state index contributed by atoms with van der Waals surface area (Å²) in [7, 11) is 0. The van der Waals surface area contributed by atoms with Crippen LogP contribution in [0.4, 0.5) is 10.1 Å². The third-order valence-corrected chi connectivity index (χ3v) is 5.84. The molecule has 0 spiro atoms. The lowest BCUT2D eigenvalue weighted by Gasteiger charge is -2.18. The molecule has 2 aromatic rings. The molecular weight excluding hydrogens is 415 g/mol. The maximum absolute atomic E-state index is 13.4. The maximum Gasteiger partial charge on any atom is 0.351 e. The van der Waals surface area contributed by atoms with E-state index in [0.717, 1.165) is 17.3 Å². The number of nitrogens with zero attached hydrogens (tertiary/aromatic N) is 2. The van der Waals surface area contributed by atoms with Crippen LogP contribution in [-0.4, -0.2) is 23.7 Å². The minimum absolute atomic E-state index is 0.0928. The molecule has 8 heteroatoms. The highest BCUT2D eigenvalue weighted by atomic mass is 35.5. The number of anilines is 1. The maximum atomic E-state index is 13.4. The Kier molecular flexibility index (Phi) is 6.57. The van der Waals surface area contributed by atoms with E-state index in [9.17, 15) is 19.2 Å². The summed E-state index contributed by atoms with van der Waals surface area (Å²) in [4.78, 5) is 26.7. The molecule has 1 fully saturated rings. The number of halogens is 2. The van der Waals surface area contributed by atoms with Gasteiger partial charge in [0, 0.05) is 10.7 Å². The zero-order chi connectivity index (χ0) is 21.0. The molecule has 0 saturated carbocycles. The molecule has 2 aromatic carbocycles. The fourth-order valence-corrected chi connectivity index (χ4v) is 4.36. The van der Waals surface area contributed by atoms with E-state index < -0.39 is 17.0 Å². The molecule has 0 bridgehead atoms. The highest BCUT2D eigenvalue weighted by Crippen LogP contribution is 2.42. The van der Waals surface area contributed by atoms with Crippen molar-refractivity contribution < 1.29 is 18.7 Å². The zero-order valence-corrected chi connectivity index (χ0v) is 17.0. The standard InChI is InChI=1S/C21H16ClFN2O3S/c1-2-28-21(27)16(12-24)20-25(15-9-7-14(23)8-10-15)19(26)18(29-20)11-13-5-3-4-6-17(13)22/h3-10,18H,2,11H2,1H3/b20-16-. The molecular formula is C21H16ClFN2O3S. The number of amides is 1. The van der Waals surface area contributed by atoms with E-state index in [1.807, 2.05) is 18.2 Å². The van der Waals surface area contributed by atoms with Crippen molar-refractivity contribution in [3.8, 4) is 6.07 Å². The first kappa shape index (κ1) is 20.9. The molecule has 1 aliphatic rings. The number of hydrogen-bond donors (Lipinski definition) is 0. The molecule has 0 N–H and O–H groups in total. The first-order chi connectivity index (χ1) is 14.0. The van der Waals surface area contributed by atoms with Crippen LogP contribution in [0.5, 0.6) is 0 Å². The van der Waals surface area contributed by atoms with E-state index in [-0.39, 0.29) is 23.1 Å². The summed E-state index contributed by atoms with van der Waals surface area (Å²) in [5.41, 5.74) is 0.865. The van der Waals surface area contributed by atoms with Gasteiger partial charge in [-0.25, -0.2) is 9.18 Å². The van der Waals surface area contributed by atoms with Gasteiger partial charge in [-0.3, -0.25) is 9.69 Å². The van der Waals surface area contributed by atoms with E-state index in [1.165, 1.54) is 29.2 Å². The summed E-state index contributed by atoms with van der Waals surface area (Å²) in [6.07, 6.45) is 0.311. The van der Waals surface area contributed by atoms with Crippen LogP contribution in [0.25, 0.3) is 0 Å². The topological polar surface area (TPSA) is 70.4 Å². The van der Waals surface area contributed by atoms with Gasteiger partial charge in [0.2, 0.25) is 5.91 Å². The predicted octanol–water partition coefficient (Wildman–Crippen LogP) is 4.47. The Bertz CT molecular complexity index is 1020. The van der Waals surface area contributed by atoms with Crippen LogP contribution in [0.1, 0.15) is 12.5 Å². The lowest BCUT2D eigenvalue weighted by Crippen LogP contribution is -2.30. The third-order valence-electron chi connectivity index (χ3n) is 4.21. The van der Waals surface area contributed by atoms with E-state index in [4.69, 9.17) is 16.3 Å². The second kappa shape index (κ2) is 9.12. The molecule has 0 aromatic heterocycles. The third kappa shape index (κ3) is 4.44. The average molecular weight is 431 g/mol. The second-order valence-electron chi connectivity index (χ2n) is 6.06. The molecule has 1 aliphatic heterocycles. The van der Waals surface area contributed by atoms with Gasteiger partial charge in [-0.1, -0.05) is 41.6 Å². The van der Waals surface area contributed by atoms with Gasteiger partial charge in [0.1, 0.15) is 16.9 Å². The van der Waals surface area contributed by atoms with E-state index in [2.05, 4.69) is 0 Å². The number of esters is 1. The molecule has 1 amide bonds. The van der Waals surface area contributed by atoms with Crippen molar-refractivity contribution in [3.63, 3.8) is 0 Å². The summed E-state index contributed by atoms with van der Waals surface area (Å²) in [5, 5.41) is 9.65. The molecule has 1 atom stereocenters. The molecule has 5 nitrogen and oxygen atoms in total. The summed E-state index contributed by atoms with van der Waals surface area (Å²) in [6, 6.07) is 14.3. The Morgan fingerprint density at radius 2 is 1.97 bits per heavy atom. The number of rotatable bonds is 5. The molecule has 3 rings (SSSR count). The number of hydrogen-bond acceptors (Lipinski definition) is 5. The van der Waals surface area contributed by atoms with Crippen LogP contribution >= 0.6 is 23.4 Å². The van der Waals surface area contributed by atoms with Crippen LogP contribution in [0, 0.1) is 17.1 Å². The number of carbonyl (C=O) groups excluding carboxylic acids is 2. The van der Waals surface area contributed by atoms with Gasteiger partial charge in [-0.05, 0) is 49.2 Å². The highest BCUT2D eigenvalue weighted by Gasteiger charge is 2.41. The van der Waals surface area contributed by atoms with Crippen LogP contribution in [0.3, 0.4) is 0 Å². The Balaban J connectivity index is 2.05. The predicted molar refractivity (Wildman–Crippen MR) is 110 cm³/mol.